The van der Waals surface area contributed by atoms with Crippen molar-refractivity contribution in [1.29, 1.82) is 0 Å². The molecule has 0 unspecified atom stereocenters. The molecule has 4 aromatic carbocycles. The highest BCUT2D eigenvalue weighted by molar-refractivity contribution is 14.1. The van der Waals surface area contributed by atoms with Gasteiger partial charge < -0.3 is 9.30 Å². The Balaban J connectivity index is 1.21. The van der Waals surface area contributed by atoms with Crippen LogP contribution in [0.15, 0.2) is 114 Å². The van der Waals surface area contributed by atoms with Crippen LogP contribution in [0.1, 0.15) is 27.2 Å². The van der Waals surface area contributed by atoms with E-state index in [2.05, 4.69) is 68.9 Å². The van der Waals surface area contributed by atoms with E-state index in [1.54, 1.807) is 42.6 Å². The lowest BCUT2D eigenvalue weighted by Crippen LogP contribution is -2.17. The first-order valence-electron chi connectivity index (χ1n) is 12.3. The third-order valence-electron chi connectivity index (χ3n) is 6.21. The quantitative estimate of drug-likeness (QED) is 0.110. The molecule has 0 saturated heterocycles. The average molecular weight is 629 g/mol. The van der Waals surface area contributed by atoms with Crippen LogP contribution in [-0.4, -0.2) is 16.7 Å². The molecule has 0 atom stereocenters. The Morgan fingerprint density at radius 3 is 2.44 bits per heavy atom. The molecule has 0 aliphatic rings. The first-order valence-corrected chi connectivity index (χ1v) is 13.4. The molecular formula is C32H25FIN3O2. The molecule has 0 saturated carbocycles. The molecule has 0 aliphatic heterocycles. The fraction of sp³-hybridized carbons (Fsp3) is 0.0625. The molecule has 1 heterocycles. The molecule has 5 nitrogen and oxygen atoms in total. The lowest BCUT2D eigenvalue weighted by molar-refractivity contribution is 0.0955. The van der Waals surface area contributed by atoms with Gasteiger partial charge in [0.2, 0.25) is 0 Å². The number of aromatic nitrogens is 1. The number of aryl methyl sites for hydroxylation is 1. The van der Waals surface area contributed by atoms with Crippen LogP contribution in [0, 0.1) is 16.3 Å². The molecule has 0 fully saturated rings. The van der Waals surface area contributed by atoms with Gasteiger partial charge in [-0.2, -0.15) is 5.10 Å². The molecule has 194 valence electrons. The number of nitrogens with one attached hydrogen (secondary N) is 1. The zero-order valence-electron chi connectivity index (χ0n) is 21.1. The van der Waals surface area contributed by atoms with Gasteiger partial charge in [0, 0.05) is 22.5 Å². The summed E-state index contributed by atoms with van der Waals surface area (Å²) < 4.78 is 22.6. The standard InChI is InChI=1S/C32H25FIN3O2/c1-22-11-17-30(24-7-3-2-4-8-24)37(22)27-15-13-25(14-16-27)32(38)36-35-20-23-12-18-31(29(34)19-23)39-21-26-9-5-6-10-28(26)33/h2-20H,21H2,1H3,(H,36,38)/b35-20+. The van der Waals surface area contributed by atoms with Crippen molar-refractivity contribution in [2.45, 2.75) is 13.5 Å². The number of hydrogen-bond donors (Lipinski definition) is 1. The molecule has 1 amide bonds. The van der Waals surface area contributed by atoms with Crippen molar-refractivity contribution in [1.82, 2.24) is 9.99 Å². The topological polar surface area (TPSA) is 55.6 Å². The van der Waals surface area contributed by atoms with Crippen LogP contribution >= 0.6 is 22.6 Å². The van der Waals surface area contributed by atoms with Crippen molar-refractivity contribution >= 4 is 34.7 Å². The van der Waals surface area contributed by atoms with Gasteiger partial charge in [0.15, 0.2) is 0 Å². The zero-order valence-corrected chi connectivity index (χ0v) is 23.3. The third kappa shape index (κ3) is 6.26. The smallest absolute Gasteiger partial charge is 0.271 e. The van der Waals surface area contributed by atoms with E-state index in [4.69, 9.17) is 4.74 Å². The van der Waals surface area contributed by atoms with Crippen molar-refractivity contribution in [3.63, 3.8) is 0 Å². The number of amides is 1. The van der Waals surface area contributed by atoms with Crippen molar-refractivity contribution < 1.29 is 13.9 Å². The van der Waals surface area contributed by atoms with E-state index in [1.807, 2.05) is 42.5 Å². The van der Waals surface area contributed by atoms with Crippen LogP contribution in [0.25, 0.3) is 16.9 Å². The lowest BCUT2D eigenvalue weighted by Gasteiger charge is -2.12. The Bertz CT molecular complexity index is 1630. The number of benzene rings is 4. The first-order chi connectivity index (χ1) is 19.0. The van der Waals surface area contributed by atoms with Gasteiger partial charge in [-0.1, -0.05) is 48.5 Å². The van der Waals surface area contributed by atoms with Gasteiger partial charge in [-0.15, -0.1) is 0 Å². The van der Waals surface area contributed by atoms with Crippen molar-refractivity contribution in [3.05, 3.63) is 141 Å². The summed E-state index contributed by atoms with van der Waals surface area (Å²) in [4.78, 5) is 12.7. The molecule has 1 N–H and O–H groups in total. The highest BCUT2D eigenvalue weighted by Crippen LogP contribution is 2.27. The molecular weight excluding hydrogens is 604 g/mol. The molecule has 39 heavy (non-hydrogen) atoms. The molecule has 0 aliphatic carbocycles. The lowest BCUT2D eigenvalue weighted by atomic mass is 10.1. The SMILES string of the molecule is Cc1ccc(-c2ccccc2)n1-c1ccc(C(=O)N/N=C/c2ccc(OCc3ccccc3F)c(I)c2)cc1. The van der Waals surface area contributed by atoms with Crippen LogP contribution in [0.3, 0.4) is 0 Å². The fourth-order valence-electron chi connectivity index (χ4n) is 4.19. The minimum absolute atomic E-state index is 0.141. The van der Waals surface area contributed by atoms with E-state index in [1.165, 1.54) is 6.07 Å². The van der Waals surface area contributed by atoms with Crippen molar-refractivity contribution in [2.75, 3.05) is 0 Å². The highest BCUT2D eigenvalue weighted by atomic mass is 127. The monoisotopic (exact) mass is 629 g/mol. The van der Waals surface area contributed by atoms with E-state index in [9.17, 15) is 9.18 Å². The van der Waals surface area contributed by atoms with Crippen molar-refractivity contribution in [3.8, 4) is 22.7 Å². The predicted octanol–water partition coefficient (Wildman–Crippen LogP) is 7.54. The van der Waals surface area contributed by atoms with Gasteiger partial charge in [-0.05, 0) is 101 Å². The van der Waals surface area contributed by atoms with Gasteiger partial charge in [0.1, 0.15) is 18.2 Å². The summed E-state index contributed by atoms with van der Waals surface area (Å²) in [7, 11) is 0. The van der Waals surface area contributed by atoms with Crippen LogP contribution in [0.5, 0.6) is 5.75 Å². The maximum atomic E-state index is 13.8. The molecule has 5 rings (SSSR count). The van der Waals surface area contributed by atoms with Gasteiger partial charge in [0.25, 0.3) is 5.91 Å². The Hall–Kier alpha value is -4.24. The first kappa shape index (κ1) is 26.4. The average Bonchev–Trinajstić information content (AvgIpc) is 3.35. The summed E-state index contributed by atoms with van der Waals surface area (Å²) in [5, 5.41) is 4.11. The zero-order chi connectivity index (χ0) is 27.2. The summed E-state index contributed by atoms with van der Waals surface area (Å²) in [6.45, 7) is 2.20. The second-order valence-electron chi connectivity index (χ2n) is 8.88. The largest absolute Gasteiger partial charge is 0.488 e. The van der Waals surface area contributed by atoms with E-state index < -0.39 is 0 Å². The number of hydrazone groups is 1. The van der Waals surface area contributed by atoms with E-state index in [0.717, 1.165) is 31.8 Å². The van der Waals surface area contributed by atoms with Crippen LogP contribution in [-0.2, 0) is 6.61 Å². The van der Waals surface area contributed by atoms with Crippen LogP contribution in [0.2, 0.25) is 0 Å². The van der Waals surface area contributed by atoms with Crippen LogP contribution in [0.4, 0.5) is 4.39 Å². The predicted molar refractivity (Wildman–Crippen MR) is 161 cm³/mol. The van der Waals surface area contributed by atoms with Crippen LogP contribution < -0.4 is 10.2 Å². The second kappa shape index (κ2) is 12.1. The minimum Gasteiger partial charge on any atom is -0.488 e. The number of carbonyl (C=O) groups excluding carboxylic acids is 1. The van der Waals surface area contributed by atoms with Crippen molar-refractivity contribution in [2.24, 2.45) is 5.10 Å². The highest BCUT2D eigenvalue weighted by Gasteiger charge is 2.11. The summed E-state index contributed by atoms with van der Waals surface area (Å²) in [5.74, 6) is 0.0525. The fourth-order valence-corrected chi connectivity index (χ4v) is 4.89. The Morgan fingerprint density at radius 2 is 1.69 bits per heavy atom. The van der Waals surface area contributed by atoms with E-state index >= 15 is 0 Å². The Morgan fingerprint density at radius 1 is 0.949 bits per heavy atom. The molecule has 0 bridgehead atoms. The number of ether oxygens (including phenoxy) is 1. The number of carbonyl (C=O) groups is 1. The van der Waals surface area contributed by atoms with Gasteiger partial charge in [-0.25, -0.2) is 9.82 Å². The maximum Gasteiger partial charge on any atom is 0.271 e. The van der Waals surface area contributed by atoms with E-state index in [0.29, 0.717) is 16.9 Å². The molecule has 0 spiro atoms. The van der Waals surface area contributed by atoms with Gasteiger partial charge in [-0.3, -0.25) is 4.79 Å². The molecule has 0 radical (unpaired) electrons. The molecule has 1 aromatic heterocycles. The summed E-state index contributed by atoms with van der Waals surface area (Å²) in [6, 6.07) is 33.9. The van der Waals surface area contributed by atoms with Gasteiger partial charge in [0.05, 0.1) is 15.5 Å². The number of nitrogens with zero attached hydrogens (tertiary/aromatic N) is 2. The molecule has 5 aromatic rings. The Kier molecular flexibility index (Phi) is 8.17. The third-order valence-corrected chi connectivity index (χ3v) is 7.05. The Labute approximate surface area is 240 Å². The normalized spacial score (nSPS) is 11.1. The van der Waals surface area contributed by atoms with E-state index in [-0.39, 0.29) is 18.3 Å². The second-order valence-corrected chi connectivity index (χ2v) is 10.0. The summed E-state index contributed by atoms with van der Waals surface area (Å²) >= 11 is 2.16. The number of rotatable bonds is 8. The summed E-state index contributed by atoms with van der Waals surface area (Å²) in [6.07, 6.45) is 1.57. The molecule has 7 heteroatoms. The number of hydrogen-bond acceptors (Lipinski definition) is 3. The summed E-state index contributed by atoms with van der Waals surface area (Å²) in [5.41, 5.74) is 8.68. The minimum atomic E-state index is -0.301. The maximum absolute atomic E-state index is 13.8. The number of halogens is 2. The van der Waals surface area contributed by atoms with Gasteiger partial charge >= 0.3 is 0 Å².